The summed E-state index contributed by atoms with van der Waals surface area (Å²) in [5.41, 5.74) is 9.40. The van der Waals surface area contributed by atoms with Crippen molar-refractivity contribution in [2.45, 2.75) is 75.0 Å². The highest BCUT2D eigenvalue weighted by Gasteiger charge is 2.46. The lowest BCUT2D eigenvalue weighted by Crippen LogP contribution is -2.29. The molecule has 15 heteroatoms. The lowest BCUT2D eigenvalue weighted by molar-refractivity contribution is -0.440. The fourth-order valence-corrected chi connectivity index (χ4v) is 11.8. The molecular weight excluding hydrogens is 951 g/mol. The summed E-state index contributed by atoms with van der Waals surface area (Å²) in [4.78, 5) is 28.1. The first-order chi connectivity index (χ1) is 34.2. The largest absolute Gasteiger partial charge is 0.464 e. The molecule has 1 aliphatic carbocycles. The Balaban J connectivity index is 1.22. The minimum absolute atomic E-state index is 0.132. The number of anilines is 3. The molecule has 0 atom stereocenters. The number of esters is 2. The Labute approximate surface area is 420 Å². The highest BCUT2D eigenvalue weighted by molar-refractivity contribution is 7.86. The van der Waals surface area contributed by atoms with Gasteiger partial charge in [0.2, 0.25) is 5.69 Å². The average molecular weight is 1010 g/mol. The van der Waals surface area contributed by atoms with Gasteiger partial charge in [0, 0.05) is 59.7 Å². The predicted octanol–water partition coefficient (Wildman–Crippen LogP) is 11.0. The molecule has 72 heavy (non-hydrogen) atoms. The first kappa shape index (κ1) is 49.8. The van der Waals surface area contributed by atoms with E-state index in [4.69, 9.17) is 9.47 Å². The SMILES string of the molecule is CC(=O)OCCN1/C(=C/C=C2\CCC(/C=C/C3=[N+](CCOC(C)=O)c4ccc5cc(S(=O)(=O)O)ccc5c4C3(C)C)=C2N(c2ccccc2)c2ccccc2)C(C)(C)c2c1ccc1cc(S(=O)(=O)O)ccc21. The van der Waals surface area contributed by atoms with E-state index in [9.17, 15) is 35.5 Å². The van der Waals surface area contributed by atoms with Crippen LogP contribution in [0.25, 0.3) is 21.5 Å². The van der Waals surface area contributed by atoms with E-state index >= 15 is 0 Å². The number of carbonyl (C=O) groups excluding carboxylic acids is 2. The number of rotatable bonds is 14. The Morgan fingerprint density at radius 3 is 1.79 bits per heavy atom. The van der Waals surface area contributed by atoms with Crippen LogP contribution in [0, 0.1) is 0 Å². The highest BCUT2D eigenvalue weighted by Crippen LogP contribution is 2.52. The van der Waals surface area contributed by atoms with Crippen molar-refractivity contribution in [3.63, 3.8) is 0 Å². The summed E-state index contributed by atoms with van der Waals surface area (Å²) in [6, 6.07) is 37.2. The van der Waals surface area contributed by atoms with Crippen molar-refractivity contribution in [1.82, 2.24) is 0 Å². The zero-order valence-corrected chi connectivity index (χ0v) is 42.6. The van der Waals surface area contributed by atoms with E-state index < -0.39 is 31.1 Å². The maximum atomic E-state index is 12.2. The standard InChI is InChI=1S/C57H55N3O10S2/c1-37(61)69-33-31-58-49-27-19-41-35-45(71(63,64)65)23-25-47(41)53(49)56(3,4)51(58)29-21-39-17-18-40(55(39)60(43-13-9-7-10-14-43)44-15-11-8-12-16-44)22-30-52-57(5,6)54-48-26-24-46(72(66,67)68)36-42(48)20-28-50(54)59(52)32-34-70-38(2)62/h7-16,19-30,35-36H,17-18,31-34H2,1-6H3,(H-,63,64,65,66,67,68)/p+1. The summed E-state index contributed by atoms with van der Waals surface area (Å²) >= 11 is 0. The second-order valence-corrected chi connectivity index (χ2v) is 22.1. The van der Waals surface area contributed by atoms with E-state index in [1.165, 1.54) is 38.1 Å². The molecule has 6 aromatic carbocycles. The summed E-state index contributed by atoms with van der Waals surface area (Å²) in [6.45, 7) is 12.2. The van der Waals surface area contributed by atoms with Crippen LogP contribution in [0.4, 0.5) is 22.7 Å². The molecule has 0 fully saturated rings. The monoisotopic (exact) mass is 1010 g/mol. The first-order valence-electron chi connectivity index (χ1n) is 23.7. The number of fused-ring (bicyclic) bond motifs is 6. The van der Waals surface area contributed by atoms with Gasteiger partial charge in [0.1, 0.15) is 6.61 Å². The van der Waals surface area contributed by atoms with Gasteiger partial charge in [0.25, 0.3) is 20.2 Å². The van der Waals surface area contributed by atoms with Crippen LogP contribution >= 0.6 is 0 Å². The van der Waals surface area contributed by atoms with Gasteiger partial charge in [-0.05, 0) is 132 Å². The van der Waals surface area contributed by atoms with Gasteiger partial charge in [-0.1, -0.05) is 80.6 Å². The van der Waals surface area contributed by atoms with Crippen molar-refractivity contribution in [1.29, 1.82) is 0 Å². The molecule has 0 unspecified atom stereocenters. The van der Waals surface area contributed by atoms with E-state index in [-0.39, 0.29) is 34.9 Å². The van der Waals surface area contributed by atoms with Crippen LogP contribution in [-0.2, 0) is 50.1 Å². The third-order valence-corrected chi connectivity index (χ3v) is 15.6. The number of para-hydroxylation sites is 2. The van der Waals surface area contributed by atoms with Gasteiger partial charge in [-0.2, -0.15) is 21.4 Å². The van der Waals surface area contributed by atoms with Gasteiger partial charge < -0.3 is 19.3 Å². The number of benzene rings is 6. The van der Waals surface area contributed by atoms with Crippen molar-refractivity contribution in [2.24, 2.45) is 0 Å². The number of allylic oxidation sites excluding steroid dienone is 7. The summed E-state index contributed by atoms with van der Waals surface area (Å²) in [5, 5.41) is 2.98. The van der Waals surface area contributed by atoms with Crippen molar-refractivity contribution < 1.29 is 49.6 Å². The Morgan fingerprint density at radius 2 is 1.22 bits per heavy atom. The molecule has 0 saturated heterocycles. The molecule has 0 amide bonds. The smallest absolute Gasteiger partial charge is 0.302 e. The molecule has 0 radical (unpaired) electrons. The first-order valence-corrected chi connectivity index (χ1v) is 26.6. The molecule has 0 saturated carbocycles. The Morgan fingerprint density at radius 1 is 0.667 bits per heavy atom. The minimum Gasteiger partial charge on any atom is -0.464 e. The fourth-order valence-electron chi connectivity index (χ4n) is 10.8. The fraction of sp³-hybridized carbons (Fsp3) is 0.246. The quantitative estimate of drug-likeness (QED) is 0.0602. The molecule has 2 heterocycles. The third-order valence-electron chi connectivity index (χ3n) is 13.9. The summed E-state index contributed by atoms with van der Waals surface area (Å²) < 4.78 is 81.7. The molecule has 2 aliphatic heterocycles. The van der Waals surface area contributed by atoms with Gasteiger partial charge >= 0.3 is 11.9 Å². The van der Waals surface area contributed by atoms with E-state index in [2.05, 4.69) is 90.6 Å². The van der Waals surface area contributed by atoms with E-state index in [1.54, 1.807) is 12.1 Å². The van der Waals surface area contributed by atoms with Crippen molar-refractivity contribution >= 4 is 82.2 Å². The number of ether oxygens (including phenoxy) is 2. The molecule has 0 bridgehead atoms. The molecule has 6 aromatic rings. The molecule has 3 aliphatic rings. The Hall–Kier alpha value is -7.17. The predicted molar refractivity (Wildman–Crippen MR) is 281 cm³/mol. The number of hydrogen-bond acceptors (Lipinski definition) is 10. The molecule has 0 spiro atoms. The van der Waals surface area contributed by atoms with Gasteiger partial charge in [-0.15, -0.1) is 0 Å². The normalized spacial score (nSPS) is 17.4. The van der Waals surface area contributed by atoms with E-state index in [0.717, 1.165) is 72.9 Å². The lowest BCUT2D eigenvalue weighted by Gasteiger charge is -2.29. The van der Waals surface area contributed by atoms with Crippen LogP contribution < -0.4 is 9.80 Å². The van der Waals surface area contributed by atoms with Crippen LogP contribution in [0.15, 0.2) is 178 Å². The topological polar surface area (TPSA) is 171 Å². The van der Waals surface area contributed by atoms with Gasteiger partial charge in [0.05, 0.1) is 27.4 Å². The van der Waals surface area contributed by atoms with Crippen LogP contribution in [0.3, 0.4) is 0 Å². The second-order valence-electron chi connectivity index (χ2n) is 19.2. The van der Waals surface area contributed by atoms with Crippen LogP contribution in [0.2, 0.25) is 0 Å². The summed E-state index contributed by atoms with van der Waals surface area (Å²) in [5.74, 6) is -0.780. The van der Waals surface area contributed by atoms with Gasteiger partial charge in [-0.3, -0.25) is 18.7 Å². The van der Waals surface area contributed by atoms with Crippen molar-refractivity contribution in [3.05, 3.63) is 179 Å². The van der Waals surface area contributed by atoms with Crippen molar-refractivity contribution in [2.75, 3.05) is 36.1 Å². The van der Waals surface area contributed by atoms with Crippen LogP contribution in [-0.4, -0.2) is 74.5 Å². The summed E-state index contributed by atoms with van der Waals surface area (Å²) in [7, 11) is -8.88. The van der Waals surface area contributed by atoms with Gasteiger partial charge in [0.15, 0.2) is 18.9 Å². The molecular formula is C57H56N3O10S2+. The maximum absolute atomic E-state index is 12.2. The van der Waals surface area contributed by atoms with Crippen molar-refractivity contribution in [3.8, 4) is 0 Å². The zero-order valence-electron chi connectivity index (χ0n) is 40.9. The van der Waals surface area contributed by atoms with E-state index in [0.29, 0.717) is 36.7 Å². The number of nitrogens with zero attached hydrogens (tertiary/aromatic N) is 3. The Kier molecular flexibility index (Phi) is 13.2. The molecule has 0 aromatic heterocycles. The summed E-state index contributed by atoms with van der Waals surface area (Å²) in [6.07, 6.45) is 10.0. The third kappa shape index (κ3) is 9.40. The molecule has 9 rings (SSSR count). The maximum Gasteiger partial charge on any atom is 0.302 e. The van der Waals surface area contributed by atoms with Crippen LogP contribution in [0.1, 0.15) is 65.5 Å². The van der Waals surface area contributed by atoms with Gasteiger partial charge in [-0.25, -0.2) is 0 Å². The molecule has 370 valence electrons. The molecule has 2 N–H and O–H groups in total. The second kappa shape index (κ2) is 19.1. The van der Waals surface area contributed by atoms with Crippen LogP contribution in [0.5, 0.6) is 0 Å². The Bertz CT molecular complexity index is 3560. The minimum atomic E-state index is -4.44. The lowest BCUT2D eigenvalue weighted by atomic mass is 9.79. The highest BCUT2D eigenvalue weighted by atomic mass is 32.2. The average Bonchev–Trinajstić information content (AvgIpc) is 3.90. The zero-order chi connectivity index (χ0) is 51.3. The number of carbonyl (C=O) groups is 2. The number of hydrogen-bond donors (Lipinski definition) is 2. The van der Waals surface area contributed by atoms with E-state index in [1.807, 2.05) is 60.7 Å². The molecule has 13 nitrogen and oxygen atoms in total.